The Hall–Kier alpha value is -0.170. The van der Waals surface area contributed by atoms with Gasteiger partial charge >= 0.3 is 0 Å². The molecule has 0 atom stereocenters. The topological polar surface area (TPSA) is 0 Å². The van der Waals surface area contributed by atoms with Crippen molar-refractivity contribution in [1.29, 1.82) is 0 Å². The van der Waals surface area contributed by atoms with E-state index in [1.165, 1.54) is 9.81 Å². The smallest absolute Gasteiger partial charge is 0.00266 e. The lowest BCUT2D eigenvalue weighted by molar-refractivity contribution is 0.599. The molecule has 1 rings (SSSR count). The van der Waals surface area contributed by atoms with E-state index in [1.54, 1.807) is 0 Å². The first-order valence-electron chi connectivity index (χ1n) is 5.45. The number of allylic oxidation sites excluding steroid dienone is 4. The highest BCUT2D eigenvalue weighted by Gasteiger charge is 2.23. The van der Waals surface area contributed by atoms with Crippen molar-refractivity contribution in [3.63, 3.8) is 0 Å². The molecule has 0 N–H and O–H groups in total. The molecule has 0 saturated heterocycles. The zero-order valence-electron chi connectivity index (χ0n) is 10.2. The first-order chi connectivity index (χ1) is 6.32. The van der Waals surface area contributed by atoms with Crippen LogP contribution in [0.5, 0.6) is 0 Å². The van der Waals surface area contributed by atoms with E-state index in [0.29, 0.717) is 11.8 Å². The molecular formula is C13H22S. The van der Waals surface area contributed by atoms with Crippen molar-refractivity contribution < 1.29 is 0 Å². The van der Waals surface area contributed by atoms with Crippen LogP contribution < -0.4 is 0 Å². The van der Waals surface area contributed by atoms with Gasteiger partial charge in [-0.15, -0.1) is 0 Å². The first-order valence-corrected chi connectivity index (χ1v) is 6.27. The second-order valence-corrected chi connectivity index (χ2v) is 6.47. The largest absolute Gasteiger partial charge is 0.0991 e. The summed E-state index contributed by atoms with van der Waals surface area (Å²) in [6.45, 7) is 13.7. The number of hydrogen-bond donors (Lipinski definition) is 0. The van der Waals surface area contributed by atoms with Gasteiger partial charge in [0, 0.05) is 5.41 Å². The highest BCUT2D eigenvalue weighted by molar-refractivity contribution is 8.06. The maximum Gasteiger partial charge on any atom is 0.00266 e. The van der Waals surface area contributed by atoms with E-state index < -0.39 is 0 Å². The van der Waals surface area contributed by atoms with Crippen LogP contribution in [0.2, 0.25) is 0 Å². The Bertz CT molecular complexity index is 241. The van der Waals surface area contributed by atoms with E-state index in [9.17, 15) is 0 Å². The quantitative estimate of drug-likeness (QED) is 0.628. The molecule has 0 amide bonds. The molecule has 0 radical (unpaired) electrons. The third kappa shape index (κ3) is 2.91. The molecule has 0 unspecified atom stereocenters. The van der Waals surface area contributed by atoms with E-state index >= 15 is 0 Å². The molecule has 0 aromatic heterocycles. The predicted octanol–water partition coefficient (Wildman–Crippen LogP) is 4.84. The highest BCUT2D eigenvalue weighted by Crippen LogP contribution is 2.44. The molecule has 0 aromatic rings. The average molecular weight is 210 g/mol. The molecule has 1 aliphatic heterocycles. The molecule has 0 nitrogen and oxygen atoms in total. The van der Waals surface area contributed by atoms with Gasteiger partial charge in [-0.1, -0.05) is 65.5 Å². The zero-order chi connectivity index (χ0) is 10.9. The summed E-state index contributed by atoms with van der Waals surface area (Å²) in [5, 5.41) is 0. The molecule has 14 heavy (non-hydrogen) atoms. The Kier molecular flexibility index (Phi) is 3.52. The van der Waals surface area contributed by atoms with Crippen LogP contribution in [0.3, 0.4) is 0 Å². The van der Waals surface area contributed by atoms with Gasteiger partial charge in [0.25, 0.3) is 0 Å². The van der Waals surface area contributed by atoms with Gasteiger partial charge in [0.05, 0.1) is 0 Å². The van der Waals surface area contributed by atoms with Crippen molar-refractivity contribution in [3.8, 4) is 0 Å². The summed E-state index contributed by atoms with van der Waals surface area (Å²) in [4.78, 5) is 3.06. The van der Waals surface area contributed by atoms with Crippen LogP contribution in [-0.2, 0) is 0 Å². The van der Waals surface area contributed by atoms with Gasteiger partial charge in [-0.05, 0) is 21.6 Å². The maximum absolute atomic E-state index is 2.41. The Morgan fingerprint density at radius 2 is 1.29 bits per heavy atom. The molecule has 0 bridgehead atoms. The van der Waals surface area contributed by atoms with E-state index in [-0.39, 0.29) is 5.41 Å². The van der Waals surface area contributed by atoms with Gasteiger partial charge in [-0.25, -0.2) is 0 Å². The Labute approximate surface area is 92.9 Å². The fourth-order valence-corrected chi connectivity index (χ4v) is 3.01. The lowest BCUT2D eigenvalue weighted by atomic mass is 9.89. The van der Waals surface area contributed by atoms with Gasteiger partial charge < -0.3 is 0 Å². The van der Waals surface area contributed by atoms with Gasteiger partial charge in [0.2, 0.25) is 0 Å². The first kappa shape index (κ1) is 11.9. The van der Waals surface area contributed by atoms with E-state index in [4.69, 9.17) is 0 Å². The molecule has 0 saturated carbocycles. The fourth-order valence-electron chi connectivity index (χ4n) is 1.54. The number of hydrogen-bond acceptors (Lipinski definition) is 1. The summed E-state index contributed by atoms with van der Waals surface area (Å²) < 4.78 is 0. The molecule has 0 fully saturated rings. The van der Waals surface area contributed by atoms with Crippen molar-refractivity contribution in [2.45, 2.75) is 41.5 Å². The number of thioether (sulfide) groups is 1. The average Bonchev–Trinajstić information content (AvgIpc) is 2.01. The summed E-state index contributed by atoms with van der Waals surface area (Å²) in [6.07, 6.45) is 4.82. The minimum Gasteiger partial charge on any atom is -0.0991 e. The predicted molar refractivity (Wildman–Crippen MR) is 67.2 cm³/mol. The van der Waals surface area contributed by atoms with Gasteiger partial charge in [-0.2, -0.15) is 0 Å². The van der Waals surface area contributed by atoms with Crippen molar-refractivity contribution >= 4 is 11.8 Å². The lowest BCUT2D eigenvalue weighted by Gasteiger charge is -2.29. The second-order valence-electron chi connectivity index (χ2n) is 5.33. The molecule has 0 aliphatic carbocycles. The van der Waals surface area contributed by atoms with Crippen molar-refractivity contribution in [3.05, 3.63) is 22.0 Å². The lowest BCUT2D eigenvalue weighted by Crippen LogP contribution is -2.12. The SMILES string of the molecule is CC(C)C1=CC(C)(C)C=C(C(C)C)S1. The Morgan fingerprint density at radius 1 is 0.929 bits per heavy atom. The van der Waals surface area contributed by atoms with E-state index in [0.717, 1.165) is 0 Å². The normalized spacial score (nSPS) is 21.1. The standard InChI is InChI=1S/C13H22S/c1-9(2)11-7-13(5,6)8-12(14-11)10(3)4/h7-10H,1-6H3. The minimum atomic E-state index is 0.241. The fraction of sp³-hybridized carbons (Fsp3) is 0.692. The van der Waals surface area contributed by atoms with Gasteiger partial charge in [0.15, 0.2) is 0 Å². The second kappa shape index (κ2) is 4.14. The van der Waals surface area contributed by atoms with Crippen molar-refractivity contribution in [1.82, 2.24) is 0 Å². The molecule has 1 heteroatoms. The Morgan fingerprint density at radius 3 is 1.57 bits per heavy atom. The summed E-state index contributed by atoms with van der Waals surface area (Å²) in [7, 11) is 0. The summed E-state index contributed by atoms with van der Waals surface area (Å²) >= 11 is 1.97. The van der Waals surface area contributed by atoms with Crippen LogP contribution in [0.15, 0.2) is 22.0 Å². The molecule has 0 aromatic carbocycles. The van der Waals surface area contributed by atoms with Crippen LogP contribution in [0.1, 0.15) is 41.5 Å². The van der Waals surface area contributed by atoms with E-state index in [2.05, 4.69) is 53.7 Å². The monoisotopic (exact) mass is 210 g/mol. The Balaban J connectivity index is 2.94. The molecular weight excluding hydrogens is 188 g/mol. The number of rotatable bonds is 2. The summed E-state index contributed by atoms with van der Waals surface area (Å²) in [5.41, 5.74) is 0.241. The highest BCUT2D eigenvalue weighted by atomic mass is 32.2. The van der Waals surface area contributed by atoms with Crippen molar-refractivity contribution in [2.75, 3.05) is 0 Å². The molecule has 0 spiro atoms. The third-order valence-corrected chi connectivity index (χ3v) is 4.05. The summed E-state index contributed by atoms with van der Waals surface area (Å²) in [6, 6.07) is 0. The van der Waals surface area contributed by atoms with Crippen LogP contribution in [0.25, 0.3) is 0 Å². The maximum atomic E-state index is 2.41. The van der Waals surface area contributed by atoms with Crippen molar-refractivity contribution in [2.24, 2.45) is 17.3 Å². The van der Waals surface area contributed by atoms with Crippen LogP contribution in [0, 0.1) is 17.3 Å². The molecule has 1 aliphatic rings. The van der Waals surface area contributed by atoms with E-state index in [1.807, 2.05) is 11.8 Å². The minimum absolute atomic E-state index is 0.241. The molecule has 1 heterocycles. The third-order valence-electron chi connectivity index (χ3n) is 2.40. The van der Waals surface area contributed by atoms with Crippen LogP contribution in [0.4, 0.5) is 0 Å². The van der Waals surface area contributed by atoms with Gasteiger partial charge in [0.1, 0.15) is 0 Å². The molecule has 80 valence electrons. The van der Waals surface area contributed by atoms with Crippen LogP contribution >= 0.6 is 11.8 Å². The summed E-state index contributed by atoms with van der Waals surface area (Å²) in [5.74, 6) is 1.31. The zero-order valence-corrected chi connectivity index (χ0v) is 11.0. The van der Waals surface area contributed by atoms with Crippen LogP contribution in [-0.4, -0.2) is 0 Å². The van der Waals surface area contributed by atoms with Gasteiger partial charge in [-0.3, -0.25) is 0 Å².